The lowest BCUT2D eigenvalue weighted by atomic mass is 10.1. The molecule has 2 aromatic carbocycles. The van der Waals surface area contributed by atoms with Gasteiger partial charge in [0.15, 0.2) is 0 Å². The van der Waals surface area contributed by atoms with Crippen LogP contribution in [0.25, 0.3) is 0 Å². The average Bonchev–Trinajstić information content (AvgIpc) is 2.47. The summed E-state index contributed by atoms with van der Waals surface area (Å²) in [5, 5.41) is 22.9. The Balaban J connectivity index is 2.13. The van der Waals surface area contributed by atoms with Crippen molar-refractivity contribution in [1.29, 1.82) is 5.26 Å². The van der Waals surface area contributed by atoms with Crippen LogP contribution in [0.2, 0.25) is 0 Å². The van der Waals surface area contributed by atoms with E-state index in [0.717, 1.165) is 5.56 Å². The summed E-state index contributed by atoms with van der Waals surface area (Å²) in [7, 11) is 0. The number of nitrogens with one attached hydrogen (secondary N) is 1. The molecule has 5 nitrogen and oxygen atoms in total. The van der Waals surface area contributed by atoms with E-state index >= 15 is 0 Å². The van der Waals surface area contributed by atoms with Gasteiger partial charge in [-0.2, -0.15) is 5.26 Å². The molecule has 1 unspecified atom stereocenters. The summed E-state index contributed by atoms with van der Waals surface area (Å²) in [4.78, 5) is 10.2. The van der Waals surface area contributed by atoms with Gasteiger partial charge >= 0.3 is 0 Å². The summed E-state index contributed by atoms with van der Waals surface area (Å²) < 4.78 is 13.2. The number of rotatable bonds is 5. The van der Waals surface area contributed by atoms with Crippen molar-refractivity contribution in [2.24, 2.45) is 0 Å². The fourth-order valence-electron chi connectivity index (χ4n) is 2.20. The van der Waals surface area contributed by atoms with E-state index in [0.29, 0.717) is 12.1 Å². The van der Waals surface area contributed by atoms with E-state index in [2.05, 4.69) is 5.32 Å². The minimum Gasteiger partial charge on any atom is -0.381 e. The number of nitro groups is 1. The molecule has 112 valence electrons. The number of nitriles is 1. The lowest BCUT2D eigenvalue weighted by Gasteiger charge is -2.16. The highest BCUT2D eigenvalue weighted by molar-refractivity contribution is 5.61. The van der Waals surface area contributed by atoms with Crippen LogP contribution in [0, 0.1) is 27.3 Å². The molecule has 0 bridgehead atoms. The van der Waals surface area contributed by atoms with Gasteiger partial charge in [-0.15, -0.1) is 0 Å². The molecule has 0 radical (unpaired) electrons. The van der Waals surface area contributed by atoms with Gasteiger partial charge in [-0.05, 0) is 37.1 Å². The normalized spacial score (nSPS) is 11.5. The fourth-order valence-corrected chi connectivity index (χ4v) is 2.20. The van der Waals surface area contributed by atoms with Crippen LogP contribution in [0.5, 0.6) is 0 Å². The zero-order valence-electron chi connectivity index (χ0n) is 11.9. The summed E-state index contributed by atoms with van der Waals surface area (Å²) in [5.41, 5.74) is 1.44. The van der Waals surface area contributed by atoms with Crippen molar-refractivity contribution in [3.63, 3.8) is 0 Å². The minimum absolute atomic E-state index is 0.0599. The Morgan fingerprint density at radius 3 is 2.77 bits per heavy atom. The molecule has 1 N–H and O–H groups in total. The van der Waals surface area contributed by atoms with Gasteiger partial charge in [-0.25, -0.2) is 4.39 Å². The first-order valence-corrected chi connectivity index (χ1v) is 6.69. The average molecular weight is 299 g/mol. The van der Waals surface area contributed by atoms with Crippen LogP contribution in [0.15, 0.2) is 42.5 Å². The van der Waals surface area contributed by atoms with Gasteiger partial charge < -0.3 is 5.32 Å². The van der Waals surface area contributed by atoms with Crippen molar-refractivity contribution in [2.45, 2.75) is 19.4 Å². The monoisotopic (exact) mass is 299 g/mol. The van der Waals surface area contributed by atoms with Gasteiger partial charge in [-0.1, -0.05) is 12.1 Å². The van der Waals surface area contributed by atoms with Crippen LogP contribution in [0.3, 0.4) is 0 Å². The number of nitrogens with zero attached hydrogens (tertiary/aromatic N) is 2. The smallest absolute Gasteiger partial charge is 0.270 e. The Morgan fingerprint density at radius 1 is 1.36 bits per heavy atom. The van der Waals surface area contributed by atoms with Crippen LogP contribution in [-0.2, 0) is 6.42 Å². The van der Waals surface area contributed by atoms with Crippen molar-refractivity contribution in [1.82, 2.24) is 0 Å². The lowest BCUT2D eigenvalue weighted by molar-refractivity contribution is -0.384. The van der Waals surface area contributed by atoms with Crippen molar-refractivity contribution in [3.05, 3.63) is 69.5 Å². The Bertz CT molecular complexity index is 740. The first kappa shape index (κ1) is 15.4. The molecule has 2 rings (SSSR count). The molecule has 1 atom stereocenters. The predicted octanol–water partition coefficient (Wildman–Crippen LogP) is 3.65. The first-order valence-electron chi connectivity index (χ1n) is 6.69. The second-order valence-corrected chi connectivity index (χ2v) is 4.98. The standard InChI is InChI=1S/C16H14FN3O2/c1-11(7-12-3-2-4-14(17)8-12)19-16-6-5-15(20(21)22)9-13(16)10-18/h2-6,8-9,11,19H,7H2,1H3. The van der Waals surface area contributed by atoms with Gasteiger partial charge in [-0.3, -0.25) is 10.1 Å². The van der Waals surface area contributed by atoms with Gasteiger partial charge in [0.2, 0.25) is 0 Å². The molecule has 0 spiro atoms. The lowest BCUT2D eigenvalue weighted by Crippen LogP contribution is -2.18. The van der Waals surface area contributed by atoms with Gasteiger partial charge in [0, 0.05) is 18.2 Å². The number of hydrogen-bond acceptors (Lipinski definition) is 4. The third-order valence-electron chi connectivity index (χ3n) is 3.17. The number of hydrogen-bond donors (Lipinski definition) is 1. The van der Waals surface area contributed by atoms with Crippen LogP contribution < -0.4 is 5.32 Å². The molecule has 2 aromatic rings. The Morgan fingerprint density at radius 2 is 2.14 bits per heavy atom. The maximum atomic E-state index is 13.2. The fraction of sp³-hybridized carbons (Fsp3) is 0.188. The molecule has 0 saturated heterocycles. The summed E-state index contributed by atoms with van der Waals surface area (Å²) in [6.45, 7) is 1.90. The quantitative estimate of drug-likeness (QED) is 0.675. The number of non-ortho nitro benzene ring substituents is 1. The van der Waals surface area contributed by atoms with E-state index in [4.69, 9.17) is 5.26 Å². The van der Waals surface area contributed by atoms with Crippen molar-refractivity contribution < 1.29 is 9.31 Å². The molecule has 0 fully saturated rings. The molecule has 0 aliphatic carbocycles. The number of anilines is 1. The summed E-state index contributed by atoms with van der Waals surface area (Å²) in [6, 6.07) is 12.3. The van der Waals surface area contributed by atoms with E-state index in [1.54, 1.807) is 6.07 Å². The zero-order chi connectivity index (χ0) is 16.1. The maximum Gasteiger partial charge on any atom is 0.270 e. The highest BCUT2D eigenvalue weighted by Gasteiger charge is 2.12. The molecule has 0 heterocycles. The Hall–Kier alpha value is -2.94. The Labute approximate surface area is 127 Å². The van der Waals surface area contributed by atoms with E-state index in [1.807, 2.05) is 19.1 Å². The third-order valence-corrected chi connectivity index (χ3v) is 3.17. The van der Waals surface area contributed by atoms with Crippen LogP contribution in [-0.4, -0.2) is 11.0 Å². The summed E-state index contributed by atoms with van der Waals surface area (Å²) in [5.74, 6) is -0.294. The number of benzene rings is 2. The Kier molecular flexibility index (Phi) is 4.69. The molecular formula is C16H14FN3O2. The second-order valence-electron chi connectivity index (χ2n) is 4.98. The second kappa shape index (κ2) is 6.68. The highest BCUT2D eigenvalue weighted by atomic mass is 19.1. The van der Waals surface area contributed by atoms with Gasteiger partial charge in [0.05, 0.1) is 16.2 Å². The van der Waals surface area contributed by atoms with Crippen molar-refractivity contribution in [2.75, 3.05) is 5.32 Å². The maximum absolute atomic E-state index is 13.2. The molecule has 6 heteroatoms. The van der Waals surface area contributed by atoms with Gasteiger partial charge in [0.1, 0.15) is 11.9 Å². The topological polar surface area (TPSA) is 79.0 Å². The van der Waals surface area contributed by atoms with E-state index < -0.39 is 4.92 Å². The van der Waals surface area contributed by atoms with Crippen LogP contribution >= 0.6 is 0 Å². The summed E-state index contributed by atoms with van der Waals surface area (Å²) in [6.07, 6.45) is 0.569. The zero-order valence-corrected chi connectivity index (χ0v) is 11.9. The summed E-state index contributed by atoms with van der Waals surface area (Å²) >= 11 is 0. The van der Waals surface area contributed by atoms with Gasteiger partial charge in [0.25, 0.3) is 5.69 Å². The predicted molar refractivity (Wildman–Crippen MR) is 81.0 cm³/mol. The molecule has 0 aliphatic rings. The number of halogens is 1. The van der Waals surface area contributed by atoms with E-state index in [-0.39, 0.29) is 23.1 Å². The molecule has 0 aromatic heterocycles. The molecule has 0 amide bonds. The molecule has 0 aliphatic heterocycles. The van der Waals surface area contributed by atoms with Crippen LogP contribution in [0.1, 0.15) is 18.1 Å². The van der Waals surface area contributed by atoms with E-state index in [1.165, 1.54) is 30.3 Å². The minimum atomic E-state index is -0.541. The van der Waals surface area contributed by atoms with Crippen molar-refractivity contribution in [3.8, 4) is 6.07 Å². The SMILES string of the molecule is CC(Cc1cccc(F)c1)Nc1ccc([N+](=O)[O-])cc1C#N. The first-order chi connectivity index (χ1) is 10.5. The molecule has 22 heavy (non-hydrogen) atoms. The highest BCUT2D eigenvalue weighted by Crippen LogP contribution is 2.22. The van der Waals surface area contributed by atoms with E-state index in [9.17, 15) is 14.5 Å². The molecule has 0 saturated carbocycles. The van der Waals surface area contributed by atoms with Crippen LogP contribution in [0.4, 0.5) is 15.8 Å². The third kappa shape index (κ3) is 3.79. The largest absolute Gasteiger partial charge is 0.381 e. The van der Waals surface area contributed by atoms with Crippen molar-refractivity contribution >= 4 is 11.4 Å². The molecular weight excluding hydrogens is 285 g/mol. The number of nitro benzene ring substituents is 1.